The molecule has 0 aliphatic heterocycles. The van der Waals surface area contributed by atoms with Crippen molar-refractivity contribution in [2.45, 2.75) is 18.9 Å². The van der Waals surface area contributed by atoms with Crippen molar-refractivity contribution in [2.75, 3.05) is 13.6 Å². The van der Waals surface area contributed by atoms with Crippen LogP contribution in [0.4, 0.5) is 0 Å². The Labute approximate surface area is 99.1 Å². The number of hydrogen-bond acceptors (Lipinski definition) is 3. The van der Waals surface area contributed by atoms with Gasteiger partial charge in [0.1, 0.15) is 5.69 Å². The molecule has 92 valence electrons. The summed E-state index contributed by atoms with van der Waals surface area (Å²) in [6.07, 6.45) is 1.30. The lowest BCUT2D eigenvalue weighted by atomic mass is 9.82. The predicted molar refractivity (Wildman–Crippen MR) is 62.8 cm³/mol. The van der Waals surface area contributed by atoms with Crippen LogP contribution in [-0.4, -0.2) is 40.6 Å². The second-order valence-corrected chi connectivity index (χ2v) is 4.61. The summed E-state index contributed by atoms with van der Waals surface area (Å²) in [5.74, 6) is 0.179. The van der Waals surface area contributed by atoms with Crippen LogP contribution in [0.3, 0.4) is 0 Å². The van der Waals surface area contributed by atoms with E-state index in [-0.39, 0.29) is 17.6 Å². The van der Waals surface area contributed by atoms with Crippen LogP contribution >= 0.6 is 0 Å². The van der Waals surface area contributed by atoms with Crippen LogP contribution in [0.25, 0.3) is 0 Å². The van der Waals surface area contributed by atoms with E-state index in [0.717, 1.165) is 12.8 Å². The zero-order valence-electron chi connectivity index (χ0n) is 9.72. The number of hydrogen-bond donors (Lipinski definition) is 2. The Morgan fingerprint density at radius 1 is 1.53 bits per heavy atom. The molecule has 0 unspecified atom stereocenters. The maximum Gasteiger partial charge on any atom is 0.270 e. The molecular weight excluding hydrogens is 220 g/mol. The molecule has 5 nitrogen and oxygen atoms in total. The number of carbonyl (C=O) groups excluding carboxylic acids is 1. The Kier molecular flexibility index (Phi) is 3.28. The summed E-state index contributed by atoms with van der Waals surface area (Å²) in [4.78, 5) is 27.1. The number of aromatic amines is 1. The van der Waals surface area contributed by atoms with E-state index >= 15 is 0 Å². The van der Waals surface area contributed by atoms with Gasteiger partial charge >= 0.3 is 0 Å². The SMILES string of the molecule is CN(CC1CC(O)C1)C(=O)c1cccc(=O)[nH]1. The van der Waals surface area contributed by atoms with Gasteiger partial charge in [-0.05, 0) is 24.8 Å². The van der Waals surface area contributed by atoms with Crippen LogP contribution in [-0.2, 0) is 0 Å². The highest BCUT2D eigenvalue weighted by Gasteiger charge is 2.29. The summed E-state index contributed by atoms with van der Waals surface area (Å²) in [5, 5.41) is 9.17. The Hall–Kier alpha value is -1.62. The van der Waals surface area contributed by atoms with Gasteiger partial charge in [0.15, 0.2) is 0 Å². The summed E-state index contributed by atoms with van der Waals surface area (Å²) in [6.45, 7) is 0.618. The van der Waals surface area contributed by atoms with Crippen molar-refractivity contribution in [1.82, 2.24) is 9.88 Å². The molecule has 2 rings (SSSR count). The van der Waals surface area contributed by atoms with E-state index in [1.54, 1.807) is 24.1 Å². The summed E-state index contributed by atoms with van der Waals surface area (Å²) >= 11 is 0. The Morgan fingerprint density at radius 2 is 2.24 bits per heavy atom. The van der Waals surface area contributed by atoms with Gasteiger partial charge in [0.2, 0.25) is 5.56 Å². The topological polar surface area (TPSA) is 73.4 Å². The van der Waals surface area contributed by atoms with E-state index in [1.165, 1.54) is 6.07 Å². The van der Waals surface area contributed by atoms with Gasteiger partial charge in [0.25, 0.3) is 5.91 Å². The molecule has 1 fully saturated rings. The number of aliphatic hydroxyl groups excluding tert-OH is 1. The van der Waals surface area contributed by atoms with Gasteiger partial charge in [-0.15, -0.1) is 0 Å². The predicted octanol–water partition coefficient (Wildman–Crippen LogP) is 0.218. The van der Waals surface area contributed by atoms with Gasteiger partial charge in [-0.25, -0.2) is 0 Å². The second kappa shape index (κ2) is 4.71. The average Bonchev–Trinajstić information content (AvgIpc) is 2.26. The van der Waals surface area contributed by atoms with Crippen LogP contribution in [0.1, 0.15) is 23.3 Å². The fraction of sp³-hybridized carbons (Fsp3) is 0.500. The lowest BCUT2D eigenvalue weighted by molar-refractivity contribution is 0.0264. The van der Waals surface area contributed by atoms with E-state index in [9.17, 15) is 14.7 Å². The van der Waals surface area contributed by atoms with Crippen LogP contribution in [0, 0.1) is 5.92 Å². The van der Waals surface area contributed by atoms with Crippen molar-refractivity contribution in [1.29, 1.82) is 0 Å². The average molecular weight is 236 g/mol. The van der Waals surface area contributed by atoms with E-state index < -0.39 is 0 Å². The summed E-state index contributed by atoms with van der Waals surface area (Å²) < 4.78 is 0. The lowest BCUT2D eigenvalue weighted by Gasteiger charge is -2.34. The van der Waals surface area contributed by atoms with Crippen molar-refractivity contribution >= 4 is 5.91 Å². The first kappa shape index (κ1) is 11.9. The summed E-state index contributed by atoms with van der Waals surface area (Å²) in [5.41, 5.74) is 0.0307. The van der Waals surface area contributed by atoms with Crippen molar-refractivity contribution in [2.24, 2.45) is 5.92 Å². The number of pyridine rings is 1. The first-order valence-corrected chi connectivity index (χ1v) is 5.69. The van der Waals surface area contributed by atoms with Gasteiger partial charge in [0, 0.05) is 19.7 Å². The number of amides is 1. The van der Waals surface area contributed by atoms with Crippen LogP contribution in [0.5, 0.6) is 0 Å². The van der Waals surface area contributed by atoms with Crippen LogP contribution in [0.2, 0.25) is 0 Å². The summed E-state index contributed by atoms with van der Waals surface area (Å²) in [7, 11) is 1.71. The van der Waals surface area contributed by atoms with Crippen molar-refractivity contribution in [3.8, 4) is 0 Å². The fourth-order valence-electron chi connectivity index (χ4n) is 2.10. The van der Waals surface area contributed by atoms with Gasteiger partial charge in [0.05, 0.1) is 6.10 Å². The van der Waals surface area contributed by atoms with E-state index in [2.05, 4.69) is 4.98 Å². The quantitative estimate of drug-likeness (QED) is 0.788. The molecule has 0 saturated heterocycles. The number of aliphatic hydroxyl groups is 1. The minimum absolute atomic E-state index is 0.191. The molecule has 1 amide bonds. The third-order valence-electron chi connectivity index (χ3n) is 3.09. The van der Waals surface area contributed by atoms with Gasteiger partial charge < -0.3 is 15.0 Å². The Balaban J connectivity index is 1.97. The van der Waals surface area contributed by atoms with Gasteiger partial charge in [-0.3, -0.25) is 9.59 Å². The third kappa shape index (κ3) is 2.74. The highest BCUT2D eigenvalue weighted by molar-refractivity contribution is 5.92. The first-order valence-electron chi connectivity index (χ1n) is 5.69. The number of rotatable bonds is 3. The molecule has 17 heavy (non-hydrogen) atoms. The van der Waals surface area contributed by atoms with Crippen LogP contribution < -0.4 is 5.56 Å². The maximum absolute atomic E-state index is 11.9. The molecule has 1 aromatic rings. The Bertz CT molecular complexity index is 463. The highest BCUT2D eigenvalue weighted by atomic mass is 16.3. The van der Waals surface area contributed by atoms with E-state index in [1.807, 2.05) is 0 Å². The molecule has 1 aliphatic carbocycles. The molecule has 0 atom stereocenters. The molecule has 1 saturated carbocycles. The lowest BCUT2D eigenvalue weighted by Crippen LogP contribution is -2.40. The van der Waals surface area contributed by atoms with Crippen molar-refractivity contribution in [3.05, 3.63) is 34.2 Å². The second-order valence-electron chi connectivity index (χ2n) is 4.61. The van der Waals surface area contributed by atoms with Gasteiger partial charge in [-0.1, -0.05) is 6.07 Å². The smallest absolute Gasteiger partial charge is 0.270 e. The highest BCUT2D eigenvalue weighted by Crippen LogP contribution is 2.27. The zero-order chi connectivity index (χ0) is 12.4. The first-order chi connectivity index (χ1) is 8.06. The molecule has 1 aromatic heterocycles. The van der Waals surface area contributed by atoms with Crippen molar-refractivity contribution in [3.63, 3.8) is 0 Å². The molecular formula is C12H16N2O3. The van der Waals surface area contributed by atoms with Gasteiger partial charge in [-0.2, -0.15) is 0 Å². The largest absolute Gasteiger partial charge is 0.393 e. The molecule has 1 aliphatic rings. The molecule has 0 bridgehead atoms. The van der Waals surface area contributed by atoms with Crippen LogP contribution in [0.15, 0.2) is 23.0 Å². The zero-order valence-corrected chi connectivity index (χ0v) is 9.72. The molecule has 0 aromatic carbocycles. The maximum atomic E-state index is 11.9. The molecule has 2 N–H and O–H groups in total. The minimum Gasteiger partial charge on any atom is -0.393 e. The molecule has 0 radical (unpaired) electrons. The van der Waals surface area contributed by atoms with Crippen molar-refractivity contribution < 1.29 is 9.90 Å². The Morgan fingerprint density at radius 3 is 2.82 bits per heavy atom. The number of carbonyl (C=O) groups is 1. The molecule has 1 heterocycles. The number of nitrogens with zero attached hydrogens (tertiary/aromatic N) is 1. The molecule has 5 heteroatoms. The standard InChI is InChI=1S/C12H16N2O3/c1-14(7-8-5-9(15)6-8)12(17)10-3-2-4-11(16)13-10/h2-4,8-9,15H,5-7H2,1H3,(H,13,16). The molecule has 0 spiro atoms. The third-order valence-corrected chi connectivity index (χ3v) is 3.09. The normalized spacial score (nSPS) is 22.9. The van der Waals surface area contributed by atoms with E-state index in [0.29, 0.717) is 18.2 Å². The number of H-pyrrole nitrogens is 1. The monoisotopic (exact) mass is 236 g/mol. The van der Waals surface area contributed by atoms with E-state index in [4.69, 9.17) is 0 Å². The minimum atomic E-state index is -0.275. The summed E-state index contributed by atoms with van der Waals surface area (Å²) in [6, 6.07) is 4.53. The number of aromatic nitrogens is 1. The fourth-order valence-corrected chi connectivity index (χ4v) is 2.10. The number of nitrogens with one attached hydrogen (secondary N) is 1.